The van der Waals surface area contributed by atoms with Crippen LogP contribution in [0.25, 0.3) is 0 Å². The van der Waals surface area contributed by atoms with Gasteiger partial charge >= 0.3 is 0 Å². The van der Waals surface area contributed by atoms with Crippen molar-refractivity contribution in [3.63, 3.8) is 0 Å². The first kappa shape index (κ1) is 8.79. The van der Waals surface area contributed by atoms with Gasteiger partial charge in [0.25, 0.3) is 0 Å². The van der Waals surface area contributed by atoms with Crippen molar-refractivity contribution in [2.75, 3.05) is 0 Å². The van der Waals surface area contributed by atoms with E-state index in [2.05, 4.69) is 25.0 Å². The molecule has 0 saturated heterocycles. The average Bonchev–Trinajstić information content (AvgIpc) is 2.48. The second kappa shape index (κ2) is 3.91. The molecule has 3 nitrogen and oxygen atoms in total. The first-order chi connectivity index (χ1) is 5.74. The Labute approximate surface area is 72.6 Å². The molecule has 0 atom stereocenters. The zero-order valence-corrected chi connectivity index (χ0v) is 7.49. The van der Waals surface area contributed by atoms with Gasteiger partial charge in [0.15, 0.2) is 0 Å². The summed E-state index contributed by atoms with van der Waals surface area (Å²) in [6, 6.07) is 4.48. The van der Waals surface area contributed by atoms with Crippen molar-refractivity contribution in [1.29, 1.82) is 5.26 Å². The number of rotatable bonds is 3. The standard InChI is InChI=1S/C9H13N3/c1-8(2)12-7-5-9(11-12)4-3-6-10/h5,7-8H,3-4H2,1-2H3. The van der Waals surface area contributed by atoms with E-state index >= 15 is 0 Å². The molecule has 0 aromatic carbocycles. The van der Waals surface area contributed by atoms with Crippen molar-refractivity contribution in [2.24, 2.45) is 0 Å². The summed E-state index contributed by atoms with van der Waals surface area (Å²) in [5.41, 5.74) is 1.00. The molecule has 1 rings (SSSR count). The third kappa shape index (κ3) is 2.09. The van der Waals surface area contributed by atoms with E-state index in [1.807, 2.05) is 16.9 Å². The van der Waals surface area contributed by atoms with Gasteiger partial charge in [-0.15, -0.1) is 0 Å². The van der Waals surface area contributed by atoms with E-state index in [9.17, 15) is 0 Å². The van der Waals surface area contributed by atoms with E-state index in [-0.39, 0.29) is 0 Å². The van der Waals surface area contributed by atoms with Crippen LogP contribution in [0.2, 0.25) is 0 Å². The largest absolute Gasteiger partial charge is 0.270 e. The molecule has 1 heterocycles. The third-order valence-electron chi connectivity index (χ3n) is 1.69. The highest BCUT2D eigenvalue weighted by atomic mass is 15.3. The Morgan fingerprint density at radius 2 is 2.42 bits per heavy atom. The molecule has 0 saturated carbocycles. The smallest absolute Gasteiger partial charge is 0.0634 e. The second-order valence-electron chi connectivity index (χ2n) is 3.04. The van der Waals surface area contributed by atoms with Gasteiger partial charge < -0.3 is 0 Å². The molecule has 64 valence electrons. The van der Waals surface area contributed by atoms with Crippen molar-refractivity contribution in [3.8, 4) is 6.07 Å². The average molecular weight is 163 g/mol. The lowest BCUT2D eigenvalue weighted by Crippen LogP contribution is -2.01. The van der Waals surface area contributed by atoms with Crippen LogP contribution in [0.1, 0.15) is 32.0 Å². The molecular formula is C9H13N3. The minimum absolute atomic E-state index is 0.404. The number of nitrogens with zero attached hydrogens (tertiary/aromatic N) is 3. The second-order valence-corrected chi connectivity index (χ2v) is 3.04. The van der Waals surface area contributed by atoms with Crippen LogP contribution in [0.5, 0.6) is 0 Å². The Morgan fingerprint density at radius 3 is 2.92 bits per heavy atom. The van der Waals surface area contributed by atoms with Gasteiger partial charge in [0.05, 0.1) is 11.8 Å². The molecule has 3 heteroatoms. The van der Waals surface area contributed by atoms with E-state index in [0.29, 0.717) is 12.5 Å². The molecule has 0 aliphatic rings. The van der Waals surface area contributed by atoms with Crippen LogP contribution in [0.15, 0.2) is 12.3 Å². The highest BCUT2D eigenvalue weighted by molar-refractivity contribution is 5.01. The molecule has 0 spiro atoms. The van der Waals surface area contributed by atoms with Crippen LogP contribution in [0, 0.1) is 11.3 Å². The normalized spacial score (nSPS) is 10.2. The van der Waals surface area contributed by atoms with Crippen LogP contribution < -0.4 is 0 Å². The topological polar surface area (TPSA) is 41.6 Å². The van der Waals surface area contributed by atoms with Gasteiger partial charge in [-0.1, -0.05) is 0 Å². The summed E-state index contributed by atoms with van der Waals surface area (Å²) >= 11 is 0. The fraction of sp³-hybridized carbons (Fsp3) is 0.556. The van der Waals surface area contributed by atoms with Gasteiger partial charge in [0, 0.05) is 25.1 Å². The number of aryl methyl sites for hydroxylation is 1. The lowest BCUT2D eigenvalue weighted by atomic mass is 10.2. The minimum atomic E-state index is 0.404. The number of hydrogen-bond acceptors (Lipinski definition) is 2. The summed E-state index contributed by atoms with van der Waals surface area (Å²) in [6.45, 7) is 4.17. The van der Waals surface area contributed by atoms with E-state index < -0.39 is 0 Å². The molecular weight excluding hydrogens is 150 g/mol. The molecule has 0 unspecified atom stereocenters. The zero-order chi connectivity index (χ0) is 8.97. The van der Waals surface area contributed by atoms with Crippen LogP contribution in [0.3, 0.4) is 0 Å². The van der Waals surface area contributed by atoms with Crippen molar-refractivity contribution in [2.45, 2.75) is 32.7 Å². The highest BCUT2D eigenvalue weighted by Gasteiger charge is 2.00. The van der Waals surface area contributed by atoms with Gasteiger partial charge in [0.1, 0.15) is 0 Å². The predicted molar refractivity (Wildman–Crippen MR) is 46.5 cm³/mol. The Morgan fingerprint density at radius 1 is 1.67 bits per heavy atom. The molecule has 0 fully saturated rings. The Hall–Kier alpha value is -1.30. The highest BCUT2D eigenvalue weighted by Crippen LogP contribution is 2.05. The monoisotopic (exact) mass is 163 g/mol. The van der Waals surface area contributed by atoms with E-state index in [4.69, 9.17) is 5.26 Å². The molecule has 0 N–H and O–H groups in total. The first-order valence-electron chi connectivity index (χ1n) is 4.15. The third-order valence-corrected chi connectivity index (χ3v) is 1.69. The predicted octanol–water partition coefficient (Wildman–Crippen LogP) is 1.92. The van der Waals surface area contributed by atoms with Gasteiger partial charge in [0.2, 0.25) is 0 Å². The summed E-state index contributed by atoms with van der Waals surface area (Å²) in [4.78, 5) is 0. The van der Waals surface area contributed by atoms with Crippen LogP contribution in [-0.4, -0.2) is 9.78 Å². The van der Waals surface area contributed by atoms with Crippen molar-refractivity contribution >= 4 is 0 Å². The quantitative estimate of drug-likeness (QED) is 0.683. The molecule has 1 aromatic rings. The molecule has 0 aliphatic heterocycles. The Bertz CT molecular complexity index is 280. The number of hydrogen-bond donors (Lipinski definition) is 0. The lowest BCUT2D eigenvalue weighted by Gasteiger charge is -2.02. The van der Waals surface area contributed by atoms with Crippen LogP contribution in [-0.2, 0) is 6.42 Å². The van der Waals surface area contributed by atoms with Gasteiger partial charge in [-0.05, 0) is 19.9 Å². The number of aromatic nitrogens is 2. The van der Waals surface area contributed by atoms with Gasteiger partial charge in [-0.25, -0.2) is 0 Å². The van der Waals surface area contributed by atoms with E-state index in [1.54, 1.807) is 0 Å². The fourth-order valence-corrected chi connectivity index (χ4v) is 0.982. The summed E-state index contributed by atoms with van der Waals surface area (Å²) in [5.74, 6) is 0. The van der Waals surface area contributed by atoms with Crippen molar-refractivity contribution in [3.05, 3.63) is 18.0 Å². The molecule has 1 aromatic heterocycles. The first-order valence-corrected chi connectivity index (χ1v) is 4.15. The zero-order valence-electron chi connectivity index (χ0n) is 7.49. The van der Waals surface area contributed by atoms with Gasteiger partial charge in [-0.2, -0.15) is 10.4 Å². The van der Waals surface area contributed by atoms with Crippen LogP contribution >= 0.6 is 0 Å². The lowest BCUT2D eigenvalue weighted by molar-refractivity contribution is 0.526. The molecule has 0 bridgehead atoms. The Balaban J connectivity index is 2.59. The SMILES string of the molecule is CC(C)n1ccc(CCC#N)n1. The molecule has 0 aliphatic carbocycles. The maximum atomic E-state index is 8.36. The summed E-state index contributed by atoms with van der Waals surface area (Å²) in [7, 11) is 0. The van der Waals surface area contributed by atoms with E-state index in [0.717, 1.165) is 12.1 Å². The molecule has 12 heavy (non-hydrogen) atoms. The van der Waals surface area contributed by atoms with E-state index in [1.165, 1.54) is 0 Å². The molecule has 0 radical (unpaired) electrons. The summed E-state index contributed by atoms with van der Waals surface area (Å²) < 4.78 is 1.91. The van der Waals surface area contributed by atoms with Crippen LogP contribution in [0.4, 0.5) is 0 Å². The molecule has 0 amide bonds. The summed E-state index contributed by atoms with van der Waals surface area (Å²) in [6.07, 6.45) is 3.27. The maximum Gasteiger partial charge on any atom is 0.0634 e. The maximum absolute atomic E-state index is 8.36. The van der Waals surface area contributed by atoms with Crippen molar-refractivity contribution in [1.82, 2.24) is 9.78 Å². The number of nitriles is 1. The summed E-state index contributed by atoms with van der Waals surface area (Å²) in [5, 5.41) is 12.7. The minimum Gasteiger partial charge on any atom is -0.270 e. The fourth-order valence-electron chi connectivity index (χ4n) is 0.982. The Kier molecular flexibility index (Phi) is 2.87. The van der Waals surface area contributed by atoms with Crippen molar-refractivity contribution < 1.29 is 0 Å². The van der Waals surface area contributed by atoms with Gasteiger partial charge in [-0.3, -0.25) is 4.68 Å².